The molecule has 2 amide bonds. The first kappa shape index (κ1) is 11.2. The smallest absolute Gasteiger partial charge is 0.290 e. The summed E-state index contributed by atoms with van der Waals surface area (Å²) in [6.07, 6.45) is 0. The molecule has 1 aromatic rings. The van der Waals surface area contributed by atoms with E-state index in [0.29, 0.717) is 11.4 Å². The van der Waals surface area contributed by atoms with Crippen molar-refractivity contribution in [3.8, 4) is 0 Å². The van der Waals surface area contributed by atoms with Gasteiger partial charge in [-0.25, -0.2) is 11.7 Å². The fourth-order valence-electron chi connectivity index (χ4n) is 1.68. The van der Waals surface area contributed by atoms with Crippen molar-refractivity contribution in [2.24, 2.45) is 11.7 Å². The molecule has 1 aliphatic heterocycles. The van der Waals surface area contributed by atoms with E-state index in [1.807, 2.05) is 10.9 Å². The van der Waals surface area contributed by atoms with Crippen LogP contribution >= 0.6 is 0 Å². The molecular weight excluding hydrogens is 224 g/mol. The van der Waals surface area contributed by atoms with Crippen molar-refractivity contribution in [1.82, 2.24) is 10.9 Å². The highest BCUT2D eigenvalue weighted by atomic mass is 16.2. The van der Waals surface area contributed by atoms with Crippen LogP contribution in [0.15, 0.2) is 24.3 Å². The fourth-order valence-corrected chi connectivity index (χ4v) is 1.68. The van der Waals surface area contributed by atoms with Crippen LogP contribution in [0.5, 0.6) is 0 Å². The lowest BCUT2D eigenvalue weighted by atomic mass is 10.1. The molecular formula is C9H12N6O2. The number of benzene rings is 1. The highest BCUT2D eigenvalue weighted by Gasteiger charge is 2.50. The van der Waals surface area contributed by atoms with Gasteiger partial charge >= 0.3 is 0 Å². The standard InChI is InChI=1S/C9H12N6O2/c10-14-7(16)9(8(17)15-11)12-5-3-1-2-4-6(5)13-9/h1-4,12-13H,10-11H2,(H,14,16)(H,15,17). The largest absolute Gasteiger partial charge is 0.345 e. The Morgan fingerprint density at radius 2 is 1.41 bits per heavy atom. The fraction of sp³-hybridized carbons (Fsp3) is 0.111. The first-order chi connectivity index (χ1) is 8.14. The number of nitrogens with one attached hydrogen (secondary N) is 4. The molecule has 0 saturated carbocycles. The van der Waals surface area contributed by atoms with Crippen molar-refractivity contribution in [1.29, 1.82) is 0 Å². The van der Waals surface area contributed by atoms with E-state index in [1.54, 1.807) is 24.3 Å². The number of carbonyl (C=O) groups is 2. The zero-order valence-corrected chi connectivity index (χ0v) is 8.78. The molecule has 8 nitrogen and oxygen atoms in total. The number of para-hydroxylation sites is 2. The van der Waals surface area contributed by atoms with Crippen LogP contribution in [0.2, 0.25) is 0 Å². The summed E-state index contributed by atoms with van der Waals surface area (Å²) < 4.78 is 0. The van der Waals surface area contributed by atoms with E-state index >= 15 is 0 Å². The minimum absolute atomic E-state index is 0.611. The van der Waals surface area contributed by atoms with E-state index in [1.165, 1.54) is 0 Å². The molecule has 0 bridgehead atoms. The maximum absolute atomic E-state index is 11.7. The molecule has 90 valence electrons. The van der Waals surface area contributed by atoms with E-state index in [0.717, 1.165) is 0 Å². The molecule has 0 aromatic heterocycles. The normalized spacial score (nSPS) is 15.2. The van der Waals surface area contributed by atoms with Crippen molar-refractivity contribution in [2.75, 3.05) is 10.6 Å². The van der Waals surface area contributed by atoms with E-state index < -0.39 is 17.5 Å². The number of amides is 2. The van der Waals surface area contributed by atoms with Gasteiger partial charge in [0.05, 0.1) is 11.4 Å². The lowest BCUT2D eigenvalue weighted by Gasteiger charge is -2.25. The summed E-state index contributed by atoms with van der Waals surface area (Å²) in [5.74, 6) is 8.65. The van der Waals surface area contributed by atoms with Gasteiger partial charge in [0.1, 0.15) is 0 Å². The van der Waals surface area contributed by atoms with Crippen molar-refractivity contribution >= 4 is 23.2 Å². The van der Waals surface area contributed by atoms with Crippen LogP contribution in [-0.4, -0.2) is 17.5 Å². The monoisotopic (exact) mass is 236 g/mol. The second kappa shape index (κ2) is 3.92. The van der Waals surface area contributed by atoms with Gasteiger partial charge in [0.2, 0.25) is 0 Å². The van der Waals surface area contributed by atoms with Gasteiger partial charge < -0.3 is 10.6 Å². The third-order valence-electron chi connectivity index (χ3n) is 2.51. The molecule has 0 aliphatic carbocycles. The Bertz CT molecular complexity index is 431. The predicted octanol–water partition coefficient (Wildman–Crippen LogP) is -1.80. The SMILES string of the molecule is NNC(=O)C1(C(=O)NN)Nc2ccccc2N1. The van der Waals surface area contributed by atoms with Gasteiger partial charge in [-0.3, -0.25) is 20.4 Å². The van der Waals surface area contributed by atoms with Crippen molar-refractivity contribution in [3.63, 3.8) is 0 Å². The number of fused-ring (bicyclic) bond motifs is 1. The first-order valence-electron chi connectivity index (χ1n) is 4.81. The topological polar surface area (TPSA) is 134 Å². The van der Waals surface area contributed by atoms with E-state index in [4.69, 9.17) is 11.7 Å². The van der Waals surface area contributed by atoms with Gasteiger partial charge in [-0.15, -0.1) is 0 Å². The lowest BCUT2D eigenvalue weighted by Crippen LogP contribution is -2.66. The second-order valence-corrected chi connectivity index (χ2v) is 3.49. The molecule has 17 heavy (non-hydrogen) atoms. The molecule has 0 unspecified atom stereocenters. The average molecular weight is 236 g/mol. The Hall–Kier alpha value is -2.32. The van der Waals surface area contributed by atoms with Gasteiger partial charge in [-0.2, -0.15) is 0 Å². The minimum atomic E-state index is -1.73. The summed E-state index contributed by atoms with van der Waals surface area (Å²) in [6.45, 7) is 0. The van der Waals surface area contributed by atoms with Crippen LogP contribution in [0.25, 0.3) is 0 Å². The summed E-state index contributed by atoms with van der Waals surface area (Å²) in [7, 11) is 0. The highest BCUT2D eigenvalue weighted by molar-refractivity contribution is 6.16. The van der Waals surface area contributed by atoms with Gasteiger partial charge in [-0.05, 0) is 12.1 Å². The molecule has 0 atom stereocenters. The molecule has 1 heterocycles. The maximum Gasteiger partial charge on any atom is 0.290 e. The number of hydrazine groups is 2. The van der Waals surface area contributed by atoms with E-state index in [-0.39, 0.29) is 0 Å². The molecule has 0 fully saturated rings. The third-order valence-corrected chi connectivity index (χ3v) is 2.51. The third kappa shape index (κ3) is 1.55. The summed E-state index contributed by atoms with van der Waals surface area (Å²) >= 11 is 0. The average Bonchev–Trinajstić information content (AvgIpc) is 2.77. The summed E-state index contributed by atoms with van der Waals surface area (Å²) in [4.78, 5) is 23.5. The number of carbonyl (C=O) groups excluding carboxylic acids is 2. The van der Waals surface area contributed by atoms with Gasteiger partial charge in [0, 0.05) is 0 Å². The molecule has 0 spiro atoms. The number of rotatable bonds is 2. The number of anilines is 2. The summed E-state index contributed by atoms with van der Waals surface area (Å²) in [5.41, 5.74) is 3.33. The Labute approximate surface area is 96.7 Å². The van der Waals surface area contributed by atoms with Crippen LogP contribution in [-0.2, 0) is 9.59 Å². The zero-order valence-electron chi connectivity index (χ0n) is 8.78. The quantitative estimate of drug-likeness (QED) is 0.155. The van der Waals surface area contributed by atoms with Crippen LogP contribution in [0.4, 0.5) is 11.4 Å². The van der Waals surface area contributed by atoms with E-state index in [2.05, 4.69) is 10.6 Å². The number of hydrogen-bond donors (Lipinski definition) is 6. The van der Waals surface area contributed by atoms with Crippen molar-refractivity contribution in [3.05, 3.63) is 24.3 Å². The van der Waals surface area contributed by atoms with Crippen LogP contribution < -0.4 is 33.2 Å². The first-order valence-corrected chi connectivity index (χ1v) is 4.81. The van der Waals surface area contributed by atoms with Gasteiger partial charge in [0.15, 0.2) is 0 Å². The molecule has 1 aliphatic rings. The maximum atomic E-state index is 11.7. The highest BCUT2D eigenvalue weighted by Crippen LogP contribution is 2.33. The summed E-state index contributed by atoms with van der Waals surface area (Å²) in [5, 5.41) is 5.51. The van der Waals surface area contributed by atoms with Crippen LogP contribution in [0.3, 0.4) is 0 Å². The van der Waals surface area contributed by atoms with Crippen LogP contribution in [0.1, 0.15) is 0 Å². The molecule has 0 radical (unpaired) electrons. The minimum Gasteiger partial charge on any atom is -0.345 e. The molecule has 2 rings (SSSR count). The Balaban J connectivity index is 2.41. The second-order valence-electron chi connectivity index (χ2n) is 3.49. The van der Waals surface area contributed by atoms with Gasteiger partial charge in [0.25, 0.3) is 17.5 Å². The van der Waals surface area contributed by atoms with Crippen molar-refractivity contribution < 1.29 is 9.59 Å². The van der Waals surface area contributed by atoms with Crippen LogP contribution in [0, 0.1) is 0 Å². The molecule has 0 saturated heterocycles. The van der Waals surface area contributed by atoms with Crippen molar-refractivity contribution in [2.45, 2.75) is 5.66 Å². The lowest BCUT2D eigenvalue weighted by molar-refractivity contribution is -0.134. The zero-order chi connectivity index (χ0) is 12.5. The number of hydrogen-bond acceptors (Lipinski definition) is 6. The Morgan fingerprint density at radius 3 is 1.76 bits per heavy atom. The molecule has 8 N–H and O–H groups in total. The van der Waals surface area contributed by atoms with E-state index in [9.17, 15) is 9.59 Å². The Kier molecular flexibility index (Phi) is 2.58. The predicted molar refractivity (Wildman–Crippen MR) is 61.1 cm³/mol. The molecule has 1 aromatic carbocycles. The molecule has 8 heteroatoms. The van der Waals surface area contributed by atoms with Gasteiger partial charge in [-0.1, -0.05) is 12.1 Å². The summed E-state index contributed by atoms with van der Waals surface area (Å²) in [6, 6.07) is 6.98. The number of nitrogens with two attached hydrogens (primary N) is 2. The Morgan fingerprint density at radius 1 is 1.00 bits per heavy atom.